The molecule has 2 aromatic carbocycles. The minimum Gasteiger partial charge on any atom is -0.497 e. The van der Waals surface area contributed by atoms with Crippen LogP contribution in [0.15, 0.2) is 59.1 Å². The molecule has 1 heterocycles. The first-order valence-corrected chi connectivity index (χ1v) is 8.06. The first-order chi connectivity index (χ1) is 12.3. The fraction of sp³-hybridized carbons (Fsp3) is 0.211. The van der Waals surface area contributed by atoms with Crippen molar-refractivity contribution in [3.05, 3.63) is 66.1 Å². The van der Waals surface area contributed by atoms with E-state index in [-0.39, 0.29) is 5.91 Å². The molecule has 25 heavy (non-hydrogen) atoms. The molecule has 6 nitrogen and oxygen atoms in total. The van der Waals surface area contributed by atoms with E-state index in [1.165, 1.54) is 0 Å². The van der Waals surface area contributed by atoms with Gasteiger partial charge in [-0.15, -0.1) is 0 Å². The number of ether oxygens (including phenoxy) is 1. The Morgan fingerprint density at radius 2 is 2.00 bits per heavy atom. The molecule has 6 heteroatoms. The second kappa shape index (κ2) is 8.10. The maximum atomic E-state index is 12.1. The second-order valence-electron chi connectivity index (χ2n) is 5.47. The van der Waals surface area contributed by atoms with Crippen molar-refractivity contribution in [3.8, 4) is 17.1 Å². The summed E-state index contributed by atoms with van der Waals surface area (Å²) in [6.45, 7) is 0.527. The van der Waals surface area contributed by atoms with Crippen molar-refractivity contribution in [1.82, 2.24) is 15.5 Å². The molecule has 0 spiro atoms. The van der Waals surface area contributed by atoms with Crippen molar-refractivity contribution in [1.29, 1.82) is 0 Å². The summed E-state index contributed by atoms with van der Waals surface area (Å²) in [5.74, 6) is 1.67. The van der Waals surface area contributed by atoms with Crippen LogP contribution in [0.2, 0.25) is 0 Å². The number of benzene rings is 2. The third-order valence-electron chi connectivity index (χ3n) is 3.68. The molecule has 0 bridgehead atoms. The van der Waals surface area contributed by atoms with E-state index in [1.54, 1.807) is 31.4 Å². The molecule has 0 saturated heterocycles. The molecule has 0 unspecified atom stereocenters. The van der Waals surface area contributed by atoms with Crippen LogP contribution in [0, 0.1) is 0 Å². The van der Waals surface area contributed by atoms with Crippen LogP contribution in [-0.4, -0.2) is 29.7 Å². The zero-order valence-electron chi connectivity index (χ0n) is 13.9. The molecular formula is C19H19N3O3. The van der Waals surface area contributed by atoms with Crippen LogP contribution in [-0.2, 0) is 6.42 Å². The highest BCUT2D eigenvalue weighted by atomic mass is 16.5. The number of nitrogens with one attached hydrogen (secondary N) is 1. The summed E-state index contributed by atoms with van der Waals surface area (Å²) < 4.78 is 10.4. The molecule has 1 aromatic heterocycles. The van der Waals surface area contributed by atoms with Gasteiger partial charge in [-0.25, -0.2) is 0 Å². The molecule has 0 saturated carbocycles. The lowest BCUT2D eigenvalue weighted by Crippen LogP contribution is -2.24. The number of hydrogen-bond donors (Lipinski definition) is 1. The molecule has 0 atom stereocenters. The zero-order valence-corrected chi connectivity index (χ0v) is 13.9. The molecule has 0 fully saturated rings. The van der Waals surface area contributed by atoms with Gasteiger partial charge in [0.2, 0.25) is 11.7 Å². The number of carbonyl (C=O) groups is 1. The van der Waals surface area contributed by atoms with Gasteiger partial charge in [0.15, 0.2) is 0 Å². The van der Waals surface area contributed by atoms with Crippen molar-refractivity contribution in [2.75, 3.05) is 13.7 Å². The summed E-state index contributed by atoms with van der Waals surface area (Å²) in [5.41, 5.74) is 1.49. The number of nitrogens with zero attached hydrogens (tertiary/aromatic N) is 2. The first kappa shape index (κ1) is 16.7. The molecule has 3 rings (SSSR count). The lowest BCUT2D eigenvalue weighted by molar-refractivity contribution is 0.0952. The van der Waals surface area contributed by atoms with E-state index in [0.29, 0.717) is 42.4 Å². The number of aromatic nitrogens is 2. The average molecular weight is 337 g/mol. The van der Waals surface area contributed by atoms with Gasteiger partial charge in [0.1, 0.15) is 5.75 Å². The number of amides is 1. The van der Waals surface area contributed by atoms with Crippen LogP contribution in [0.4, 0.5) is 0 Å². The Morgan fingerprint density at radius 3 is 2.80 bits per heavy atom. The number of carbonyl (C=O) groups excluding carboxylic acids is 1. The van der Waals surface area contributed by atoms with Crippen LogP contribution in [0.5, 0.6) is 5.75 Å². The highest BCUT2D eigenvalue weighted by Crippen LogP contribution is 2.15. The Balaban J connectivity index is 1.47. The molecule has 0 radical (unpaired) electrons. The quantitative estimate of drug-likeness (QED) is 0.670. The van der Waals surface area contributed by atoms with Gasteiger partial charge in [-0.05, 0) is 24.6 Å². The lowest BCUT2D eigenvalue weighted by Gasteiger charge is -2.05. The van der Waals surface area contributed by atoms with Gasteiger partial charge in [0, 0.05) is 24.1 Å². The topological polar surface area (TPSA) is 77.2 Å². The van der Waals surface area contributed by atoms with Crippen LogP contribution in [0.25, 0.3) is 11.4 Å². The Labute approximate surface area is 145 Å². The van der Waals surface area contributed by atoms with Gasteiger partial charge >= 0.3 is 0 Å². The largest absolute Gasteiger partial charge is 0.497 e. The fourth-order valence-electron chi connectivity index (χ4n) is 2.37. The molecule has 1 amide bonds. The fourth-order valence-corrected chi connectivity index (χ4v) is 2.37. The summed E-state index contributed by atoms with van der Waals surface area (Å²) in [7, 11) is 1.57. The summed E-state index contributed by atoms with van der Waals surface area (Å²) >= 11 is 0. The van der Waals surface area contributed by atoms with Crippen molar-refractivity contribution in [2.24, 2.45) is 0 Å². The highest BCUT2D eigenvalue weighted by Gasteiger charge is 2.09. The van der Waals surface area contributed by atoms with E-state index in [2.05, 4.69) is 15.5 Å². The summed E-state index contributed by atoms with van der Waals surface area (Å²) in [6, 6.07) is 16.7. The minimum absolute atomic E-state index is 0.130. The minimum atomic E-state index is -0.130. The smallest absolute Gasteiger partial charge is 0.251 e. The van der Waals surface area contributed by atoms with Gasteiger partial charge in [0.25, 0.3) is 5.91 Å². The van der Waals surface area contributed by atoms with Crippen molar-refractivity contribution in [2.45, 2.75) is 12.8 Å². The number of hydrogen-bond acceptors (Lipinski definition) is 5. The molecular weight excluding hydrogens is 318 g/mol. The van der Waals surface area contributed by atoms with Gasteiger partial charge in [-0.2, -0.15) is 4.98 Å². The Bertz CT molecular complexity index is 831. The van der Waals surface area contributed by atoms with Gasteiger partial charge in [0.05, 0.1) is 7.11 Å². The predicted molar refractivity (Wildman–Crippen MR) is 93.4 cm³/mol. The third-order valence-corrected chi connectivity index (χ3v) is 3.68. The highest BCUT2D eigenvalue weighted by molar-refractivity contribution is 5.94. The van der Waals surface area contributed by atoms with E-state index >= 15 is 0 Å². The van der Waals surface area contributed by atoms with Crippen molar-refractivity contribution >= 4 is 5.91 Å². The maximum absolute atomic E-state index is 12.1. The van der Waals surface area contributed by atoms with Gasteiger partial charge < -0.3 is 14.6 Å². The van der Waals surface area contributed by atoms with Crippen molar-refractivity contribution < 1.29 is 14.1 Å². The van der Waals surface area contributed by atoms with E-state index in [0.717, 1.165) is 5.56 Å². The summed E-state index contributed by atoms with van der Waals surface area (Å²) in [6.07, 6.45) is 1.32. The zero-order chi connectivity index (χ0) is 17.5. The Hall–Kier alpha value is -3.15. The first-order valence-electron chi connectivity index (χ1n) is 8.06. The van der Waals surface area contributed by atoms with E-state index in [4.69, 9.17) is 9.26 Å². The Morgan fingerprint density at radius 1 is 1.16 bits per heavy atom. The van der Waals surface area contributed by atoms with E-state index < -0.39 is 0 Å². The normalized spacial score (nSPS) is 10.4. The molecule has 1 N–H and O–H groups in total. The van der Waals surface area contributed by atoms with Crippen LogP contribution in [0.1, 0.15) is 22.7 Å². The lowest BCUT2D eigenvalue weighted by atomic mass is 10.2. The van der Waals surface area contributed by atoms with Gasteiger partial charge in [-0.3, -0.25) is 4.79 Å². The van der Waals surface area contributed by atoms with Crippen molar-refractivity contribution in [3.63, 3.8) is 0 Å². The third kappa shape index (κ3) is 4.44. The average Bonchev–Trinajstić information content (AvgIpc) is 3.15. The SMILES string of the molecule is COc1cccc(C(=O)NCCCc2nc(-c3ccccc3)no2)c1. The summed E-state index contributed by atoms with van der Waals surface area (Å²) in [4.78, 5) is 16.5. The number of methoxy groups -OCH3 is 1. The van der Waals surface area contributed by atoms with Crippen LogP contribution in [0.3, 0.4) is 0 Å². The molecule has 128 valence electrons. The number of rotatable bonds is 7. The maximum Gasteiger partial charge on any atom is 0.251 e. The van der Waals surface area contributed by atoms with Gasteiger partial charge in [-0.1, -0.05) is 41.6 Å². The second-order valence-corrected chi connectivity index (χ2v) is 5.47. The van der Waals surface area contributed by atoms with Crippen LogP contribution >= 0.6 is 0 Å². The van der Waals surface area contributed by atoms with Crippen LogP contribution < -0.4 is 10.1 Å². The molecule has 0 aliphatic carbocycles. The summed E-state index contributed by atoms with van der Waals surface area (Å²) in [5, 5.41) is 6.85. The molecule has 3 aromatic rings. The number of aryl methyl sites for hydroxylation is 1. The molecule has 0 aliphatic rings. The van der Waals surface area contributed by atoms with E-state index in [9.17, 15) is 4.79 Å². The Kier molecular flexibility index (Phi) is 5.41. The molecule has 0 aliphatic heterocycles. The monoisotopic (exact) mass is 337 g/mol. The van der Waals surface area contributed by atoms with E-state index in [1.807, 2.05) is 30.3 Å². The predicted octanol–water partition coefficient (Wildman–Crippen LogP) is 3.11. The standard InChI is InChI=1S/C19H19N3O3/c1-24-16-10-5-9-15(13-16)19(23)20-12-6-11-17-21-18(22-25-17)14-7-3-2-4-8-14/h2-5,7-10,13H,6,11-12H2,1H3,(H,20,23).